The first-order valence-electron chi connectivity index (χ1n) is 10.8. The highest BCUT2D eigenvalue weighted by Gasteiger charge is 2.64. The maximum atomic E-state index is 11.3. The Kier molecular flexibility index (Phi) is 4.40. The van der Waals surface area contributed by atoms with Crippen molar-refractivity contribution in [3.05, 3.63) is 23.8 Å². The highest BCUT2D eigenvalue weighted by Crippen LogP contribution is 2.68. The number of terminal acetylenes is 1. The Hall–Kier alpha value is -0.300. The van der Waals surface area contributed by atoms with Crippen LogP contribution in [0.25, 0.3) is 0 Å². The normalized spacial score (nSPS) is 47.7. The summed E-state index contributed by atoms with van der Waals surface area (Å²) in [5, 5.41) is 11.3. The molecule has 3 saturated carbocycles. The summed E-state index contributed by atoms with van der Waals surface area (Å²) in [6, 6.07) is 0. The molecule has 0 bridgehead atoms. The smallest absolute Gasteiger partial charge is 0.131 e. The molecule has 6 atom stereocenters. The van der Waals surface area contributed by atoms with Crippen LogP contribution in [0.5, 0.6) is 0 Å². The zero-order valence-corrected chi connectivity index (χ0v) is 18.1. The summed E-state index contributed by atoms with van der Waals surface area (Å²) in [7, 11) is 0. The van der Waals surface area contributed by atoms with Gasteiger partial charge in [0.2, 0.25) is 0 Å². The highest BCUT2D eigenvalue weighted by atomic mass is 32.2. The van der Waals surface area contributed by atoms with Gasteiger partial charge in [-0.15, -0.1) is 29.9 Å². The molecule has 1 nitrogen and oxygen atoms in total. The van der Waals surface area contributed by atoms with E-state index in [0.29, 0.717) is 27.8 Å². The van der Waals surface area contributed by atoms with Gasteiger partial charge in [-0.05, 0) is 75.0 Å². The van der Waals surface area contributed by atoms with E-state index in [4.69, 9.17) is 6.42 Å². The molecular weight excluding hydrogens is 368 g/mol. The van der Waals surface area contributed by atoms with Crippen molar-refractivity contribution < 1.29 is 5.11 Å². The van der Waals surface area contributed by atoms with Crippen molar-refractivity contribution in [3.63, 3.8) is 0 Å². The highest BCUT2D eigenvalue weighted by molar-refractivity contribution is 8.21. The SMILES string of the molecule is C#CC1(O)CCC2C3CCC4=CC5(CCC4C3C(=C)C[C@@]21CC)SCCS5. The van der Waals surface area contributed by atoms with Crippen LogP contribution in [0.4, 0.5) is 0 Å². The first-order chi connectivity index (χ1) is 13.0. The molecule has 0 aromatic carbocycles. The third kappa shape index (κ3) is 2.45. The predicted octanol–water partition coefficient (Wildman–Crippen LogP) is 5.66. The second-order valence-corrected chi connectivity index (χ2v) is 12.7. The van der Waals surface area contributed by atoms with Crippen LogP contribution in [-0.2, 0) is 0 Å². The van der Waals surface area contributed by atoms with Crippen molar-refractivity contribution >= 4 is 23.5 Å². The van der Waals surface area contributed by atoms with E-state index < -0.39 is 5.60 Å². The summed E-state index contributed by atoms with van der Waals surface area (Å²) in [6.45, 7) is 6.85. The van der Waals surface area contributed by atoms with Crippen molar-refractivity contribution in [2.24, 2.45) is 29.1 Å². The molecule has 27 heavy (non-hydrogen) atoms. The van der Waals surface area contributed by atoms with Crippen LogP contribution in [-0.4, -0.2) is 26.3 Å². The Balaban J connectivity index is 1.49. The predicted molar refractivity (Wildman–Crippen MR) is 118 cm³/mol. The van der Waals surface area contributed by atoms with E-state index in [-0.39, 0.29) is 5.41 Å². The summed E-state index contributed by atoms with van der Waals surface area (Å²) in [4.78, 5) is 0. The molecule has 0 aromatic rings. The molecule has 4 fully saturated rings. The number of thioether (sulfide) groups is 2. The van der Waals surface area contributed by atoms with Crippen molar-refractivity contribution in [2.75, 3.05) is 11.5 Å². The lowest BCUT2D eigenvalue weighted by molar-refractivity contribution is -0.0789. The van der Waals surface area contributed by atoms with Gasteiger partial charge in [-0.1, -0.05) is 36.6 Å². The van der Waals surface area contributed by atoms with E-state index in [1.165, 1.54) is 42.8 Å². The number of rotatable bonds is 1. The molecule has 5 unspecified atom stereocenters. The van der Waals surface area contributed by atoms with Gasteiger partial charge in [0.1, 0.15) is 5.60 Å². The van der Waals surface area contributed by atoms with Crippen molar-refractivity contribution in [3.8, 4) is 12.3 Å². The average molecular weight is 401 g/mol. The summed E-state index contributed by atoms with van der Waals surface area (Å²) < 4.78 is 0.388. The Bertz CT molecular complexity index is 727. The maximum absolute atomic E-state index is 11.3. The second kappa shape index (κ2) is 6.35. The van der Waals surface area contributed by atoms with Crippen LogP contribution in [0.3, 0.4) is 0 Å². The van der Waals surface area contributed by atoms with Gasteiger partial charge in [0.05, 0.1) is 4.08 Å². The number of hydrogen-bond acceptors (Lipinski definition) is 3. The lowest BCUT2D eigenvalue weighted by Gasteiger charge is -2.57. The van der Waals surface area contributed by atoms with Crippen LogP contribution in [0.1, 0.15) is 58.3 Å². The number of allylic oxidation sites excluding steroid dienone is 2. The Labute approximate surface area is 173 Å². The fraction of sp³-hybridized carbons (Fsp3) is 0.750. The van der Waals surface area contributed by atoms with Crippen LogP contribution in [0, 0.1) is 41.4 Å². The zero-order chi connectivity index (χ0) is 18.9. The molecule has 1 heterocycles. The molecule has 4 aliphatic carbocycles. The van der Waals surface area contributed by atoms with E-state index >= 15 is 0 Å². The minimum Gasteiger partial charge on any atom is -0.377 e. The molecule has 5 rings (SSSR count). The average Bonchev–Trinajstić information content (AvgIpc) is 3.25. The molecule has 0 radical (unpaired) electrons. The second-order valence-electron chi connectivity index (χ2n) is 9.60. The van der Waals surface area contributed by atoms with Crippen molar-refractivity contribution in [1.82, 2.24) is 0 Å². The minimum absolute atomic E-state index is 0.131. The standard InChI is InChI=1S/C24H32OS2/c1-4-22-14-16(3)21-18-8-11-24(26-12-13-27-24)15-17(18)6-7-19(21)20(22)9-10-23(22,25)5-2/h2,15,18-21,25H,3-4,6-14H2,1H3/t18?,19?,20?,21?,22-,23?/m0/s1. The summed E-state index contributed by atoms with van der Waals surface area (Å²) >= 11 is 4.36. The zero-order valence-electron chi connectivity index (χ0n) is 16.5. The Morgan fingerprint density at radius 1 is 1.26 bits per heavy atom. The monoisotopic (exact) mass is 400 g/mol. The van der Waals surface area contributed by atoms with E-state index in [1.807, 2.05) is 0 Å². The third-order valence-corrected chi connectivity index (χ3v) is 12.3. The van der Waals surface area contributed by atoms with Gasteiger partial charge in [-0.2, -0.15) is 0 Å². The van der Waals surface area contributed by atoms with Crippen LogP contribution >= 0.6 is 23.5 Å². The maximum Gasteiger partial charge on any atom is 0.131 e. The van der Waals surface area contributed by atoms with Gasteiger partial charge in [-0.3, -0.25) is 0 Å². The molecule has 1 N–H and O–H groups in total. The van der Waals surface area contributed by atoms with E-state index in [1.54, 1.807) is 5.57 Å². The first-order valence-corrected chi connectivity index (χ1v) is 12.8. The molecular formula is C24H32OS2. The molecule has 0 amide bonds. The molecule has 0 aromatic heterocycles. The fourth-order valence-corrected chi connectivity index (χ4v) is 10.9. The van der Waals surface area contributed by atoms with Gasteiger partial charge >= 0.3 is 0 Å². The first kappa shape index (κ1) is 18.7. The topological polar surface area (TPSA) is 20.2 Å². The van der Waals surface area contributed by atoms with Gasteiger partial charge in [0.15, 0.2) is 0 Å². The summed E-state index contributed by atoms with van der Waals surface area (Å²) in [6.07, 6.45) is 17.5. The third-order valence-electron chi connectivity index (χ3n) is 8.87. The summed E-state index contributed by atoms with van der Waals surface area (Å²) in [5.41, 5.74) is 2.07. The van der Waals surface area contributed by atoms with Crippen LogP contribution in [0.15, 0.2) is 23.8 Å². The van der Waals surface area contributed by atoms with E-state index in [9.17, 15) is 5.11 Å². The van der Waals surface area contributed by atoms with Crippen LogP contribution < -0.4 is 0 Å². The van der Waals surface area contributed by atoms with Gasteiger partial charge < -0.3 is 5.11 Å². The van der Waals surface area contributed by atoms with Gasteiger partial charge in [0, 0.05) is 16.9 Å². The number of hydrogen-bond donors (Lipinski definition) is 1. The van der Waals surface area contributed by atoms with Gasteiger partial charge in [-0.25, -0.2) is 0 Å². The molecule has 1 aliphatic heterocycles. The van der Waals surface area contributed by atoms with E-state index in [0.717, 1.165) is 25.7 Å². The van der Waals surface area contributed by atoms with Crippen molar-refractivity contribution in [2.45, 2.75) is 68.0 Å². The molecule has 146 valence electrons. The minimum atomic E-state index is -0.926. The summed E-state index contributed by atoms with van der Waals surface area (Å²) in [5.74, 6) is 8.04. The fourth-order valence-electron chi connectivity index (χ4n) is 7.74. The molecule has 1 spiro atoms. The Morgan fingerprint density at radius 2 is 2.04 bits per heavy atom. The number of aliphatic hydroxyl groups is 1. The molecule has 5 aliphatic rings. The molecule has 1 saturated heterocycles. The largest absolute Gasteiger partial charge is 0.377 e. The quantitative estimate of drug-likeness (QED) is 0.453. The van der Waals surface area contributed by atoms with Crippen molar-refractivity contribution in [1.29, 1.82) is 0 Å². The number of fused-ring (bicyclic) bond motifs is 5. The van der Waals surface area contributed by atoms with E-state index in [2.05, 4.69) is 49.0 Å². The van der Waals surface area contributed by atoms with Gasteiger partial charge in [0.25, 0.3) is 0 Å². The van der Waals surface area contributed by atoms with Crippen LogP contribution in [0.2, 0.25) is 0 Å². The lowest BCUT2D eigenvalue weighted by Crippen LogP contribution is -2.54. The lowest BCUT2D eigenvalue weighted by atomic mass is 9.48. The Morgan fingerprint density at radius 3 is 2.74 bits per heavy atom. The molecule has 3 heteroatoms.